The van der Waals surface area contributed by atoms with E-state index in [0.29, 0.717) is 6.61 Å². The summed E-state index contributed by atoms with van der Waals surface area (Å²) in [5.74, 6) is -0.441. The van der Waals surface area contributed by atoms with Gasteiger partial charge < -0.3 is 24.8 Å². The van der Waals surface area contributed by atoms with Gasteiger partial charge in [-0.3, -0.25) is 0 Å². The lowest BCUT2D eigenvalue weighted by Gasteiger charge is -2.42. The summed E-state index contributed by atoms with van der Waals surface area (Å²) in [6, 6.07) is 10.9. The Morgan fingerprint density at radius 1 is 1.08 bits per heavy atom. The minimum Gasteiger partial charge on any atom is -0.396 e. The highest BCUT2D eigenvalue weighted by Gasteiger charge is 2.41. The zero-order valence-corrected chi connectivity index (χ0v) is 23.0. The van der Waals surface area contributed by atoms with E-state index in [4.69, 9.17) is 21.1 Å². The standard InChI is InChI=1S/C30H41ClO5/c1-16-7-8-19(11-24(16)30(4,5)6)27-22-12-25(31)17(2)9-20(22)10-21(13-32)23(27)14-35-29-28(34)18(3)26(33)15-36-29/h7-9,11-12,18,21,23,26-29,32-34H,10,13-15H2,1-6H3/t18-,21+,23+,26+,27?,28+,29+/m0/s1. The van der Waals surface area contributed by atoms with E-state index in [0.717, 1.165) is 17.0 Å². The maximum absolute atomic E-state index is 10.6. The van der Waals surface area contributed by atoms with Crippen molar-refractivity contribution < 1.29 is 24.8 Å². The molecule has 1 unspecified atom stereocenters. The van der Waals surface area contributed by atoms with Crippen LogP contribution in [-0.4, -0.2) is 53.6 Å². The number of aliphatic hydroxyl groups excluding tert-OH is 3. The molecule has 0 aromatic heterocycles. The van der Waals surface area contributed by atoms with Crippen molar-refractivity contribution in [2.45, 2.75) is 77.8 Å². The van der Waals surface area contributed by atoms with Crippen LogP contribution in [0.25, 0.3) is 0 Å². The van der Waals surface area contributed by atoms with Gasteiger partial charge in [-0.05, 0) is 77.0 Å². The summed E-state index contributed by atoms with van der Waals surface area (Å²) in [7, 11) is 0. The van der Waals surface area contributed by atoms with Crippen molar-refractivity contribution in [3.05, 3.63) is 68.7 Å². The minimum atomic E-state index is -0.917. The van der Waals surface area contributed by atoms with Gasteiger partial charge in [0.2, 0.25) is 0 Å². The second-order valence-electron chi connectivity index (χ2n) is 11.9. The second kappa shape index (κ2) is 10.7. The van der Waals surface area contributed by atoms with Crippen molar-refractivity contribution in [1.29, 1.82) is 0 Å². The van der Waals surface area contributed by atoms with E-state index < -0.39 is 18.5 Å². The third-order valence-electron chi connectivity index (χ3n) is 8.24. The average Bonchev–Trinajstić information content (AvgIpc) is 2.82. The fourth-order valence-electron chi connectivity index (χ4n) is 5.93. The summed E-state index contributed by atoms with van der Waals surface area (Å²) in [4.78, 5) is 0. The zero-order valence-electron chi connectivity index (χ0n) is 22.3. The molecule has 36 heavy (non-hydrogen) atoms. The van der Waals surface area contributed by atoms with Crippen LogP contribution >= 0.6 is 11.6 Å². The molecule has 5 nitrogen and oxygen atoms in total. The van der Waals surface area contributed by atoms with Crippen LogP contribution in [0.3, 0.4) is 0 Å². The van der Waals surface area contributed by atoms with Gasteiger partial charge in [-0.2, -0.15) is 0 Å². The molecule has 0 amide bonds. The number of halogens is 1. The second-order valence-corrected chi connectivity index (χ2v) is 12.3. The lowest BCUT2D eigenvalue weighted by Crippen LogP contribution is -2.50. The Morgan fingerprint density at radius 2 is 1.81 bits per heavy atom. The monoisotopic (exact) mass is 516 g/mol. The molecule has 1 saturated heterocycles. The summed E-state index contributed by atoms with van der Waals surface area (Å²) < 4.78 is 11.9. The predicted octanol–water partition coefficient (Wildman–Crippen LogP) is 4.90. The third-order valence-corrected chi connectivity index (χ3v) is 8.65. The maximum atomic E-state index is 10.6. The van der Waals surface area contributed by atoms with Gasteiger partial charge in [-0.1, -0.05) is 63.6 Å². The summed E-state index contributed by atoms with van der Waals surface area (Å²) in [6.45, 7) is 13.1. The maximum Gasteiger partial charge on any atom is 0.183 e. The first kappa shape index (κ1) is 27.6. The summed E-state index contributed by atoms with van der Waals surface area (Å²) in [5.41, 5.74) is 7.12. The Morgan fingerprint density at radius 3 is 2.47 bits per heavy atom. The molecule has 0 saturated carbocycles. The highest BCUT2D eigenvalue weighted by Crippen LogP contribution is 2.46. The molecule has 0 radical (unpaired) electrons. The van der Waals surface area contributed by atoms with Crippen LogP contribution in [0.15, 0.2) is 30.3 Å². The number of fused-ring (bicyclic) bond motifs is 1. The van der Waals surface area contributed by atoms with Gasteiger partial charge in [-0.15, -0.1) is 0 Å². The molecule has 0 spiro atoms. The van der Waals surface area contributed by atoms with Gasteiger partial charge in [0.25, 0.3) is 0 Å². The Kier molecular flexibility index (Phi) is 8.21. The minimum absolute atomic E-state index is 0.0120. The molecular formula is C30H41ClO5. The van der Waals surface area contributed by atoms with E-state index in [2.05, 4.69) is 58.0 Å². The Hall–Kier alpha value is -1.47. The quantitative estimate of drug-likeness (QED) is 0.527. The number of aliphatic hydroxyl groups is 3. The van der Waals surface area contributed by atoms with E-state index >= 15 is 0 Å². The van der Waals surface area contributed by atoms with Gasteiger partial charge in [0.15, 0.2) is 6.29 Å². The molecule has 4 rings (SSSR count). The van der Waals surface area contributed by atoms with Gasteiger partial charge in [0.1, 0.15) is 6.10 Å². The number of rotatable bonds is 5. The van der Waals surface area contributed by atoms with Crippen LogP contribution < -0.4 is 0 Å². The van der Waals surface area contributed by atoms with Crippen molar-refractivity contribution >= 4 is 11.6 Å². The van der Waals surface area contributed by atoms with Gasteiger partial charge in [-0.25, -0.2) is 0 Å². The lowest BCUT2D eigenvalue weighted by atomic mass is 9.66. The zero-order chi connectivity index (χ0) is 26.4. The normalized spacial score (nSPS) is 30.8. The van der Waals surface area contributed by atoms with E-state index in [1.807, 2.05) is 6.92 Å². The first-order chi connectivity index (χ1) is 16.9. The SMILES string of the molecule is Cc1cc2c(cc1Cl)C(c1ccc(C)c(C(C)(C)C)c1)[C@H](CO[C@@H]1OC[C@@H](O)[C@H](C)[C@H]1O)[C@@H](CO)C2. The molecule has 6 heteroatoms. The molecule has 0 bridgehead atoms. The highest BCUT2D eigenvalue weighted by molar-refractivity contribution is 6.31. The van der Waals surface area contributed by atoms with Gasteiger partial charge in [0, 0.05) is 23.5 Å². The van der Waals surface area contributed by atoms with E-state index in [-0.39, 0.29) is 42.3 Å². The summed E-state index contributed by atoms with van der Waals surface area (Å²) in [5, 5.41) is 31.9. The molecule has 7 atom stereocenters. The van der Waals surface area contributed by atoms with Gasteiger partial charge in [0.05, 0.1) is 19.3 Å². The van der Waals surface area contributed by atoms with Gasteiger partial charge >= 0.3 is 0 Å². The fourth-order valence-corrected chi connectivity index (χ4v) is 6.10. The Bertz CT molecular complexity index is 1080. The third kappa shape index (κ3) is 5.38. The van der Waals surface area contributed by atoms with Crippen molar-refractivity contribution in [2.24, 2.45) is 17.8 Å². The number of benzene rings is 2. The summed E-state index contributed by atoms with van der Waals surface area (Å²) in [6.07, 6.45) is -1.71. The largest absolute Gasteiger partial charge is 0.396 e. The van der Waals surface area contributed by atoms with Crippen LogP contribution in [0.2, 0.25) is 5.02 Å². The molecule has 198 valence electrons. The molecule has 1 aliphatic heterocycles. The molecule has 1 aliphatic carbocycles. The van der Waals surface area contributed by atoms with Crippen LogP contribution in [0.4, 0.5) is 0 Å². The van der Waals surface area contributed by atoms with Crippen LogP contribution in [0, 0.1) is 31.6 Å². The number of aryl methyl sites for hydroxylation is 2. The van der Waals surface area contributed by atoms with Crippen molar-refractivity contribution in [3.63, 3.8) is 0 Å². The Labute approximate surface area is 220 Å². The predicted molar refractivity (Wildman–Crippen MR) is 143 cm³/mol. The molecule has 2 aromatic carbocycles. The molecule has 2 aromatic rings. The average molecular weight is 517 g/mol. The Balaban J connectivity index is 1.76. The van der Waals surface area contributed by atoms with Crippen molar-refractivity contribution in [3.8, 4) is 0 Å². The summed E-state index contributed by atoms with van der Waals surface area (Å²) >= 11 is 6.64. The smallest absolute Gasteiger partial charge is 0.183 e. The fraction of sp³-hybridized carbons (Fsp3) is 0.600. The molecule has 1 heterocycles. The van der Waals surface area contributed by atoms with E-state index in [1.54, 1.807) is 6.92 Å². The number of hydrogen-bond donors (Lipinski definition) is 3. The van der Waals surface area contributed by atoms with Crippen molar-refractivity contribution in [1.82, 2.24) is 0 Å². The molecule has 3 N–H and O–H groups in total. The molecule has 1 fully saturated rings. The van der Waals surface area contributed by atoms with Crippen LogP contribution in [0.5, 0.6) is 0 Å². The van der Waals surface area contributed by atoms with E-state index in [1.165, 1.54) is 27.8 Å². The first-order valence-corrected chi connectivity index (χ1v) is 13.4. The number of hydrogen-bond acceptors (Lipinski definition) is 5. The topological polar surface area (TPSA) is 79.2 Å². The highest BCUT2D eigenvalue weighted by atomic mass is 35.5. The first-order valence-electron chi connectivity index (χ1n) is 13.0. The van der Waals surface area contributed by atoms with E-state index in [9.17, 15) is 15.3 Å². The molecular weight excluding hydrogens is 476 g/mol. The lowest BCUT2D eigenvalue weighted by molar-refractivity contribution is -0.259. The molecule has 2 aliphatic rings. The van der Waals surface area contributed by atoms with Crippen molar-refractivity contribution in [2.75, 3.05) is 19.8 Å². The van der Waals surface area contributed by atoms with Crippen LogP contribution in [0.1, 0.15) is 67.0 Å². The van der Waals surface area contributed by atoms with Crippen LogP contribution in [-0.2, 0) is 21.3 Å². The number of ether oxygens (including phenoxy) is 2.